The lowest BCUT2D eigenvalue weighted by Gasteiger charge is -2.31. The smallest absolute Gasteiger partial charge is 0.255 e. The highest BCUT2D eigenvalue weighted by Gasteiger charge is 2.32. The molecular weight excluding hydrogens is 390 g/mol. The Balaban J connectivity index is 2.01. The summed E-state index contributed by atoms with van der Waals surface area (Å²) in [5, 5.41) is 9.55. The predicted octanol–water partition coefficient (Wildman–Crippen LogP) is 3.14. The van der Waals surface area contributed by atoms with Gasteiger partial charge in [-0.1, -0.05) is 6.07 Å². The van der Waals surface area contributed by atoms with E-state index in [2.05, 4.69) is 16.0 Å². The van der Waals surface area contributed by atoms with Crippen LogP contribution in [0.25, 0.3) is 0 Å². The second-order valence-corrected chi connectivity index (χ2v) is 6.77. The number of thiocarbonyl (C=S) groups is 1. The monoisotopic (exact) mass is 413 g/mol. The van der Waals surface area contributed by atoms with Crippen LogP contribution in [0.5, 0.6) is 17.2 Å². The van der Waals surface area contributed by atoms with E-state index in [0.29, 0.717) is 39.3 Å². The van der Waals surface area contributed by atoms with Crippen LogP contribution >= 0.6 is 12.2 Å². The van der Waals surface area contributed by atoms with Crippen LogP contribution in [-0.4, -0.2) is 32.3 Å². The van der Waals surface area contributed by atoms with E-state index in [-0.39, 0.29) is 5.91 Å². The molecule has 3 rings (SSSR count). The van der Waals surface area contributed by atoms with Crippen LogP contribution in [0, 0.1) is 0 Å². The summed E-state index contributed by atoms with van der Waals surface area (Å²) in [5.41, 5.74) is 2.52. The highest BCUT2D eigenvalue weighted by Crippen LogP contribution is 2.36. The van der Waals surface area contributed by atoms with Gasteiger partial charge in [-0.05, 0) is 49.5 Å². The molecule has 0 aliphatic carbocycles. The van der Waals surface area contributed by atoms with Crippen molar-refractivity contribution in [2.75, 3.05) is 26.6 Å². The first kappa shape index (κ1) is 20.5. The number of carbonyl (C=O) groups is 1. The maximum atomic E-state index is 13.2. The Bertz CT molecular complexity index is 974. The molecule has 8 heteroatoms. The van der Waals surface area contributed by atoms with Crippen LogP contribution in [-0.2, 0) is 4.79 Å². The minimum Gasteiger partial charge on any atom is -0.497 e. The number of methoxy groups -OCH3 is 3. The fourth-order valence-electron chi connectivity index (χ4n) is 3.19. The van der Waals surface area contributed by atoms with Crippen molar-refractivity contribution in [2.45, 2.75) is 13.0 Å². The van der Waals surface area contributed by atoms with Gasteiger partial charge in [0.2, 0.25) is 0 Å². The van der Waals surface area contributed by atoms with Crippen molar-refractivity contribution in [3.63, 3.8) is 0 Å². The number of carbonyl (C=O) groups excluding carboxylic acids is 1. The molecule has 1 aliphatic rings. The van der Waals surface area contributed by atoms with Gasteiger partial charge in [-0.25, -0.2) is 0 Å². The van der Waals surface area contributed by atoms with Crippen molar-refractivity contribution >= 4 is 28.9 Å². The molecule has 1 amide bonds. The number of benzene rings is 2. The van der Waals surface area contributed by atoms with E-state index in [1.165, 1.54) is 0 Å². The maximum Gasteiger partial charge on any atom is 0.255 e. The summed E-state index contributed by atoms with van der Waals surface area (Å²) in [5.74, 6) is 1.65. The Kier molecular flexibility index (Phi) is 6.23. The molecule has 1 heterocycles. The molecule has 0 bridgehead atoms. The zero-order valence-electron chi connectivity index (χ0n) is 16.7. The second-order valence-electron chi connectivity index (χ2n) is 6.36. The molecule has 0 fully saturated rings. The van der Waals surface area contributed by atoms with Gasteiger partial charge in [0.05, 0.1) is 32.9 Å². The lowest BCUT2D eigenvalue weighted by molar-refractivity contribution is -0.113. The van der Waals surface area contributed by atoms with Crippen molar-refractivity contribution in [2.24, 2.45) is 0 Å². The van der Waals surface area contributed by atoms with Gasteiger partial charge in [0, 0.05) is 23.0 Å². The summed E-state index contributed by atoms with van der Waals surface area (Å²) in [7, 11) is 4.75. The van der Waals surface area contributed by atoms with Gasteiger partial charge < -0.3 is 30.2 Å². The standard InChI is InChI=1S/C21H23N3O4S/c1-12-18(20(25)23-13-6-5-7-14(10-13)26-2)19(24-21(29)22-12)16-11-15(27-3)8-9-17(16)28-4/h5-11,19H,1-4H3,(H,23,25)(H2,22,24,29)/t19-/m0/s1. The van der Waals surface area contributed by atoms with E-state index in [4.69, 9.17) is 26.4 Å². The molecular formula is C21H23N3O4S. The van der Waals surface area contributed by atoms with Crippen molar-refractivity contribution in [1.82, 2.24) is 10.6 Å². The summed E-state index contributed by atoms with van der Waals surface area (Å²) in [6.45, 7) is 1.81. The third kappa shape index (κ3) is 4.43. The van der Waals surface area contributed by atoms with E-state index in [0.717, 1.165) is 5.56 Å². The minimum atomic E-state index is -0.514. The van der Waals surface area contributed by atoms with Gasteiger partial charge in [-0.15, -0.1) is 0 Å². The predicted molar refractivity (Wildman–Crippen MR) is 115 cm³/mol. The van der Waals surface area contributed by atoms with E-state index in [1.54, 1.807) is 45.6 Å². The average Bonchev–Trinajstić information content (AvgIpc) is 2.72. The molecule has 1 atom stereocenters. The number of hydrogen-bond donors (Lipinski definition) is 3. The molecule has 0 saturated heterocycles. The summed E-state index contributed by atoms with van der Waals surface area (Å²) < 4.78 is 16.1. The van der Waals surface area contributed by atoms with Crippen molar-refractivity contribution in [3.05, 3.63) is 59.3 Å². The van der Waals surface area contributed by atoms with E-state index >= 15 is 0 Å². The van der Waals surface area contributed by atoms with Crippen LogP contribution in [0.15, 0.2) is 53.7 Å². The highest BCUT2D eigenvalue weighted by atomic mass is 32.1. The molecule has 2 aromatic carbocycles. The molecule has 0 saturated carbocycles. The second kappa shape index (κ2) is 8.83. The minimum absolute atomic E-state index is 0.270. The molecule has 0 spiro atoms. The van der Waals surface area contributed by atoms with Crippen LogP contribution in [0.4, 0.5) is 5.69 Å². The Morgan fingerprint density at radius 1 is 1.03 bits per heavy atom. The highest BCUT2D eigenvalue weighted by molar-refractivity contribution is 7.80. The van der Waals surface area contributed by atoms with Gasteiger partial charge in [-0.3, -0.25) is 4.79 Å². The first-order valence-electron chi connectivity index (χ1n) is 8.92. The third-order valence-electron chi connectivity index (χ3n) is 4.59. The lowest BCUT2D eigenvalue weighted by atomic mass is 9.94. The molecule has 0 radical (unpaired) electrons. The van der Waals surface area contributed by atoms with E-state index in [9.17, 15) is 4.79 Å². The van der Waals surface area contributed by atoms with Crippen LogP contribution in [0.1, 0.15) is 18.5 Å². The number of anilines is 1. The van der Waals surface area contributed by atoms with Crippen molar-refractivity contribution in [1.29, 1.82) is 0 Å². The fourth-order valence-corrected chi connectivity index (χ4v) is 3.46. The molecule has 152 valence electrons. The average molecular weight is 413 g/mol. The topological polar surface area (TPSA) is 80.9 Å². The van der Waals surface area contributed by atoms with Crippen LogP contribution in [0.2, 0.25) is 0 Å². The molecule has 1 aliphatic heterocycles. The molecule has 0 aromatic heterocycles. The number of rotatable bonds is 6. The first-order valence-corrected chi connectivity index (χ1v) is 9.33. The Hall–Kier alpha value is -3.26. The summed E-state index contributed by atoms with van der Waals surface area (Å²) >= 11 is 5.33. The number of ether oxygens (including phenoxy) is 3. The number of amides is 1. The van der Waals surface area contributed by atoms with Gasteiger partial charge in [-0.2, -0.15) is 0 Å². The number of nitrogens with one attached hydrogen (secondary N) is 3. The summed E-state index contributed by atoms with van der Waals surface area (Å²) in [6.07, 6.45) is 0. The Morgan fingerprint density at radius 3 is 2.45 bits per heavy atom. The van der Waals surface area contributed by atoms with Crippen LogP contribution < -0.4 is 30.2 Å². The molecule has 7 nitrogen and oxygen atoms in total. The normalized spacial score (nSPS) is 15.9. The largest absolute Gasteiger partial charge is 0.497 e. The quantitative estimate of drug-likeness (QED) is 0.628. The lowest BCUT2D eigenvalue weighted by Crippen LogP contribution is -2.45. The van der Waals surface area contributed by atoms with E-state index in [1.807, 2.05) is 25.1 Å². The fraction of sp³-hybridized carbons (Fsp3) is 0.238. The summed E-state index contributed by atoms with van der Waals surface area (Å²) in [4.78, 5) is 13.2. The zero-order chi connectivity index (χ0) is 21.0. The first-order chi connectivity index (χ1) is 14.0. The number of allylic oxidation sites excluding steroid dienone is 1. The SMILES string of the molecule is COc1cccc(NC(=O)C2=C(C)NC(=S)N[C@H]2c2cc(OC)ccc2OC)c1. The maximum absolute atomic E-state index is 13.2. The molecule has 2 aromatic rings. The Labute approximate surface area is 175 Å². The van der Waals surface area contributed by atoms with Gasteiger partial charge in [0.25, 0.3) is 5.91 Å². The Morgan fingerprint density at radius 2 is 1.76 bits per heavy atom. The number of hydrogen-bond acceptors (Lipinski definition) is 5. The zero-order valence-corrected chi connectivity index (χ0v) is 17.5. The van der Waals surface area contributed by atoms with Gasteiger partial charge in [0.15, 0.2) is 5.11 Å². The van der Waals surface area contributed by atoms with Gasteiger partial charge >= 0.3 is 0 Å². The third-order valence-corrected chi connectivity index (χ3v) is 4.81. The summed E-state index contributed by atoms with van der Waals surface area (Å²) in [6, 6.07) is 12.1. The van der Waals surface area contributed by atoms with Crippen LogP contribution in [0.3, 0.4) is 0 Å². The van der Waals surface area contributed by atoms with E-state index < -0.39 is 6.04 Å². The van der Waals surface area contributed by atoms with Gasteiger partial charge in [0.1, 0.15) is 17.2 Å². The molecule has 3 N–H and O–H groups in total. The molecule has 29 heavy (non-hydrogen) atoms. The van der Waals surface area contributed by atoms with Crippen molar-refractivity contribution in [3.8, 4) is 17.2 Å². The van der Waals surface area contributed by atoms with Crippen molar-refractivity contribution < 1.29 is 19.0 Å². The molecule has 0 unspecified atom stereocenters.